The van der Waals surface area contributed by atoms with E-state index in [0.717, 1.165) is 12.5 Å². The van der Waals surface area contributed by atoms with Crippen LogP contribution in [0.25, 0.3) is 0 Å². The van der Waals surface area contributed by atoms with Crippen LogP contribution in [0, 0.1) is 0 Å². The van der Waals surface area contributed by atoms with Crippen molar-refractivity contribution in [1.29, 1.82) is 0 Å². The van der Waals surface area contributed by atoms with Gasteiger partial charge in [-0.3, -0.25) is 0 Å². The number of benzene rings is 2. The Hall–Kier alpha value is -1.64. The quantitative estimate of drug-likeness (QED) is 0.871. The molecule has 2 nitrogen and oxygen atoms in total. The average Bonchev–Trinajstić information content (AvgIpc) is 2.51. The fourth-order valence-corrected chi connectivity index (χ4v) is 3.33. The van der Waals surface area contributed by atoms with Crippen LogP contribution >= 0.6 is 0 Å². The number of likely N-dealkylation sites (N-methyl/N-ethyl adjacent to an activating group) is 1. The summed E-state index contributed by atoms with van der Waals surface area (Å²) in [5.74, 6) is 0.744. The zero-order chi connectivity index (χ0) is 15.4. The maximum absolute atomic E-state index is 3.76. The van der Waals surface area contributed by atoms with Crippen LogP contribution in [0.5, 0.6) is 0 Å². The summed E-state index contributed by atoms with van der Waals surface area (Å²) in [6.45, 7) is 1.02. The highest BCUT2D eigenvalue weighted by Gasteiger charge is 2.30. The molecule has 116 valence electrons. The summed E-state index contributed by atoms with van der Waals surface area (Å²) in [4.78, 5) is 2.30. The fraction of sp³-hybridized carbons (Fsp3) is 0.400. The van der Waals surface area contributed by atoms with Gasteiger partial charge in [-0.2, -0.15) is 0 Å². The molecule has 0 saturated heterocycles. The summed E-state index contributed by atoms with van der Waals surface area (Å²) in [7, 11) is 4.32. The van der Waals surface area contributed by atoms with Crippen molar-refractivity contribution in [1.82, 2.24) is 10.2 Å². The summed E-state index contributed by atoms with van der Waals surface area (Å²) in [6, 6.07) is 22.8. The van der Waals surface area contributed by atoms with Gasteiger partial charge in [0, 0.05) is 18.6 Å². The second-order valence-corrected chi connectivity index (χ2v) is 6.57. The van der Waals surface area contributed by atoms with Crippen molar-refractivity contribution in [2.45, 2.75) is 30.8 Å². The Labute approximate surface area is 134 Å². The van der Waals surface area contributed by atoms with Crippen molar-refractivity contribution < 1.29 is 0 Å². The Kier molecular flexibility index (Phi) is 4.91. The summed E-state index contributed by atoms with van der Waals surface area (Å²) >= 11 is 0. The fourth-order valence-electron chi connectivity index (χ4n) is 3.33. The minimum atomic E-state index is 0.442. The van der Waals surface area contributed by atoms with Crippen molar-refractivity contribution >= 4 is 0 Å². The van der Waals surface area contributed by atoms with Gasteiger partial charge in [-0.05, 0) is 44.0 Å². The maximum atomic E-state index is 3.76. The lowest BCUT2D eigenvalue weighted by atomic mass is 9.76. The molecular weight excluding hydrogens is 268 g/mol. The lowest BCUT2D eigenvalue weighted by molar-refractivity contribution is 0.237. The maximum Gasteiger partial charge on any atom is 0.0466 e. The van der Waals surface area contributed by atoms with E-state index >= 15 is 0 Å². The van der Waals surface area contributed by atoms with Gasteiger partial charge in [0.25, 0.3) is 0 Å². The average molecular weight is 294 g/mol. The lowest BCUT2D eigenvalue weighted by Gasteiger charge is -2.38. The van der Waals surface area contributed by atoms with Gasteiger partial charge in [0.15, 0.2) is 0 Å². The highest BCUT2D eigenvalue weighted by atomic mass is 15.1. The van der Waals surface area contributed by atoms with Crippen LogP contribution < -0.4 is 5.32 Å². The number of hydrogen-bond acceptors (Lipinski definition) is 2. The standard InChI is InChI=1S/C20H26N2/c1-22(2)20(17-11-7-4-8-12-17)15-21-19-13-18(14-19)16-9-5-3-6-10-16/h3-12,18-21H,13-15H2,1-2H3. The van der Waals surface area contributed by atoms with Crippen LogP contribution in [0.3, 0.4) is 0 Å². The molecule has 1 unspecified atom stereocenters. The Morgan fingerprint density at radius 1 is 0.955 bits per heavy atom. The first-order valence-corrected chi connectivity index (χ1v) is 8.23. The molecule has 1 atom stereocenters. The Morgan fingerprint density at radius 2 is 1.55 bits per heavy atom. The third kappa shape index (κ3) is 3.57. The zero-order valence-corrected chi connectivity index (χ0v) is 13.6. The van der Waals surface area contributed by atoms with Crippen LogP contribution in [-0.4, -0.2) is 31.6 Å². The summed E-state index contributed by atoms with van der Waals surface area (Å²) < 4.78 is 0. The molecule has 2 heteroatoms. The topological polar surface area (TPSA) is 15.3 Å². The summed E-state index contributed by atoms with van der Waals surface area (Å²) in [5.41, 5.74) is 2.88. The van der Waals surface area contributed by atoms with Crippen LogP contribution in [0.4, 0.5) is 0 Å². The molecule has 1 N–H and O–H groups in total. The van der Waals surface area contributed by atoms with E-state index in [0.29, 0.717) is 12.1 Å². The molecule has 1 aliphatic carbocycles. The molecule has 0 heterocycles. The number of nitrogens with one attached hydrogen (secondary N) is 1. The second kappa shape index (κ2) is 7.08. The van der Waals surface area contributed by atoms with Crippen LogP contribution in [0.1, 0.15) is 35.9 Å². The molecule has 1 saturated carbocycles. The number of nitrogens with zero attached hydrogens (tertiary/aromatic N) is 1. The molecule has 0 aliphatic heterocycles. The van der Waals surface area contributed by atoms with Crippen molar-refractivity contribution in [2.24, 2.45) is 0 Å². The SMILES string of the molecule is CN(C)C(CNC1CC(c2ccccc2)C1)c1ccccc1. The molecule has 1 fully saturated rings. The van der Waals surface area contributed by atoms with Crippen molar-refractivity contribution in [3.8, 4) is 0 Å². The van der Waals surface area contributed by atoms with E-state index in [1.54, 1.807) is 0 Å². The van der Waals surface area contributed by atoms with Gasteiger partial charge in [-0.1, -0.05) is 60.7 Å². The van der Waals surface area contributed by atoms with Crippen LogP contribution in [0.15, 0.2) is 60.7 Å². The van der Waals surface area contributed by atoms with Gasteiger partial charge < -0.3 is 10.2 Å². The number of hydrogen-bond donors (Lipinski definition) is 1. The van der Waals surface area contributed by atoms with Crippen LogP contribution in [0.2, 0.25) is 0 Å². The molecule has 3 rings (SSSR count). The predicted molar refractivity (Wildman–Crippen MR) is 93.1 cm³/mol. The van der Waals surface area contributed by atoms with Gasteiger partial charge in [0.1, 0.15) is 0 Å². The van der Waals surface area contributed by atoms with E-state index in [9.17, 15) is 0 Å². The van der Waals surface area contributed by atoms with E-state index in [1.165, 1.54) is 24.0 Å². The molecule has 0 amide bonds. The third-order valence-electron chi connectivity index (χ3n) is 4.82. The van der Waals surface area contributed by atoms with E-state index < -0.39 is 0 Å². The molecule has 0 aromatic heterocycles. The van der Waals surface area contributed by atoms with Crippen molar-refractivity contribution in [3.05, 3.63) is 71.8 Å². The molecular formula is C20H26N2. The highest BCUT2D eigenvalue weighted by Crippen LogP contribution is 2.36. The van der Waals surface area contributed by atoms with E-state index in [1.807, 2.05) is 0 Å². The first-order chi connectivity index (χ1) is 10.7. The second-order valence-electron chi connectivity index (χ2n) is 6.57. The van der Waals surface area contributed by atoms with Gasteiger partial charge in [-0.25, -0.2) is 0 Å². The molecule has 0 spiro atoms. The minimum absolute atomic E-state index is 0.442. The van der Waals surface area contributed by atoms with Crippen molar-refractivity contribution in [3.63, 3.8) is 0 Å². The Balaban J connectivity index is 1.50. The highest BCUT2D eigenvalue weighted by molar-refractivity contribution is 5.23. The normalized spacial score (nSPS) is 22.3. The third-order valence-corrected chi connectivity index (χ3v) is 4.82. The monoisotopic (exact) mass is 294 g/mol. The summed E-state index contributed by atoms with van der Waals surface area (Å²) in [5, 5.41) is 3.76. The van der Waals surface area contributed by atoms with Crippen molar-refractivity contribution in [2.75, 3.05) is 20.6 Å². The minimum Gasteiger partial charge on any atom is -0.312 e. The van der Waals surface area contributed by atoms with Gasteiger partial charge >= 0.3 is 0 Å². The van der Waals surface area contributed by atoms with Crippen LogP contribution in [-0.2, 0) is 0 Å². The Morgan fingerprint density at radius 3 is 2.14 bits per heavy atom. The van der Waals surface area contributed by atoms with E-state index in [4.69, 9.17) is 0 Å². The first-order valence-electron chi connectivity index (χ1n) is 8.23. The zero-order valence-electron chi connectivity index (χ0n) is 13.6. The predicted octanol–water partition coefficient (Wildman–Crippen LogP) is 3.83. The van der Waals surface area contributed by atoms with Gasteiger partial charge in [0.2, 0.25) is 0 Å². The first kappa shape index (κ1) is 15.3. The molecule has 0 radical (unpaired) electrons. The van der Waals surface area contributed by atoms with E-state index in [2.05, 4.69) is 85.0 Å². The van der Waals surface area contributed by atoms with E-state index in [-0.39, 0.29) is 0 Å². The molecule has 1 aliphatic rings. The lowest BCUT2D eigenvalue weighted by Crippen LogP contribution is -2.43. The molecule has 2 aromatic carbocycles. The largest absolute Gasteiger partial charge is 0.312 e. The number of rotatable bonds is 6. The summed E-state index contributed by atoms with van der Waals surface area (Å²) in [6.07, 6.45) is 2.53. The molecule has 22 heavy (non-hydrogen) atoms. The van der Waals surface area contributed by atoms with Gasteiger partial charge in [-0.15, -0.1) is 0 Å². The molecule has 0 bridgehead atoms. The Bertz CT molecular complexity index is 559. The molecule has 2 aromatic rings. The van der Waals surface area contributed by atoms with Gasteiger partial charge in [0.05, 0.1) is 0 Å². The smallest absolute Gasteiger partial charge is 0.0466 e.